The molecule has 3 heteroatoms. The number of rotatable bonds is 4. The maximum absolute atomic E-state index is 11.7. The van der Waals surface area contributed by atoms with Crippen molar-refractivity contribution in [2.45, 2.75) is 25.9 Å². The van der Waals surface area contributed by atoms with Gasteiger partial charge in [-0.2, -0.15) is 0 Å². The molecule has 1 rings (SSSR count). The van der Waals surface area contributed by atoms with E-state index in [0.717, 1.165) is 5.56 Å². The molecule has 1 aromatic heterocycles. The predicted octanol–water partition coefficient (Wildman–Crippen LogP) is 1.62. The van der Waals surface area contributed by atoms with Crippen molar-refractivity contribution in [3.63, 3.8) is 0 Å². The van der Waals surface area contributed by atoms with E-state index >= 15 is 0 Å². The fourth-order valence-electron chi connectivity index (χ4n) is 1.01. The van der Waals surface area contributed by atoms with Gasteiger partial charge in [-0.3, -0.25) is 9.78 Å². The topological polar surface area (TPSA) is 39.2 Å². The standard InChI is InChI=1S/C11H15NO2/c1-11(2,14-3)10(13)7-9-5-4-6-12-8-9/h4-6,8H,7H2,1-3H3. The summed E-state index contributed by atoms with van der Waals surface area (Å²) in [6.45, 7) is 3.54. The maximum Gasteiger partial charge on any atom is 0.168 e. The summed E-state index contributed by atoms with van der Waals surface area (Å²) in [5, 5.41) is 0. The highest BCUT2D eigenvalue weighted by atomic mass is 16.5. The molecule has 0 saturated carbocycles. The second-order valence-corrected chi connectivity index (χ2v) is 3.68. The highest BCUT2D eigenvalue weighted by Crippen LogP contribution is 2.12. The van der Waals surface area contributed by atoms with Crippen molar-refractivity contribution in [3.05, 3.63) is 30.1 Å². The lowest BCUT2D eigenvalue weighted by Gasteiger charge is -2.20. The molecule has 0 aliphatic carbocycles. The molecule has 1 aromatic rings. The first kappa shape index (κ1) is 10.9. The molecular formula is C11H15NO2. The van der Waals surface area contributed by atoms with Crippen LogP contribution in [-0.4, -0.2) is 23.5 Å². The lowest BCUT2D eigenvalue weighted by Crippen LogP contribution is -2.35. The lowest BCUT2D eigenvalue weighted by atomic mass is 9.98. The number of nitrogens with zero attached hydrogens (tertiary/aromatic N) is 1. The Balaban J connectivity index is 2.67. The first-order chi connectivity index (χ1) is 6.56. The van der Waals surface area contributed by atoms with Crippen LogP contribution in [0.25, 0.3) is 0 Å². The summed E-state index contributed by atoms with van der Waals surface area (Å²) in [6, 6.07) is 3.71. The first-order valence-corrected chi connectivity index (χ1v) is 4.53. The summed E-state index contributed by atoms with van der Waals surface area (Å²) in [7, 11) is 1.54. The Morgan fingerprint density at radius 3 is 2.79 bits per heavy atom. The molecule has 0 spiro atoms. The van der Waals surface area contributed by atoms with E-state index in [0.29, 0.717) is 6.42 Å². The van der Waals surface area contributed by atoms with Gasteiger partial charge in [-0.05, 0) is 25.5 Å². The van der Waals surface area contributed by atoms with E-state index in [2.05, 4.69) is 4.98 Å². The van der Waals surface area contributed by atoms with Crippen LogP contribution in [0.2, 0.25) is 0 Å². The van der Waals surface area contributed by atoms with Crippen LogP contribution in [0.15, 0.2) is 24.5 Å². The van der Waals surface area contributed by atoms with Crippen LogP contribution in [0.4, 0.5) is 0 Å². The Morgan fingerprint density at radius 1 is 1.57 bits per heavy atom. The van der Waals surface area contributed by atoms with Crippen molar-refractivity contribution in [3.8, 4) is 0 Å². The third-order valence-corrected chi connectivity index (χ3v) is 2.27. The van der Waals surface area contributed by atoms with E-state index in [9.17, 15) is 4.79 Å². The molecule has 1 heterocycles. The Labute approximate surface area is 84.1 Å². The molecule has 0 aliphatic heterocycles. The minimum absolute atomic E-state index is 0.0630. The van der Waals surface area contributed by atoms with Crippen LogP contribution < -0.4 is 0 Å². The number of ketones is 1. The summed E-state index contributed by atoms with van der Waals surface area (Å²) in [4.78, 5) is 15.7. The number of hydrogen-bond donors (Lipinski definition) is 0. The normalized spacial score (nSPS) is 11.4. The predicted molar refractivity (Wildman–Crippen MR) is 54.0 cm³/mol. The molecule has 0 aliphatic rings. The molecule has 0 N–H and O–H groups in total. The van der Waals surface area contributed by atoms with Gasteiger partial charge in [0.15, 0.2) is 5.78 Å². The van der Waals surface area contributed by atoms with Gasteiger partial charge in [-0.25, -0.2) is 0 Å². The quantitative estimate of drug-likeness (QED) is 0.729. The van der Waals surface area contributed by atoms with Crippen molar-refractivity contribution >= 4 is 5.78 Å². The zero-order chi connectivity index (χ0) is 10.6. The van der Waals surface area contributed by atoms with E-state index < -0.39 is 5.60 Å². The third kappa shape index (κ3) is 2.64. The summed E-state index contributed by atoms with van der Waals surface area (Å²) >= 11 is 0. The van der Waals surface area contributed by atoms with E-state index in [1.54, 1.807) is 33.4 Å². The maximum atomic E-state index is 11.7. The van der Waals surface area contributed by atoms with Gasteiger partial charge < -0.3 is 4.74 Å². The fourth-order valence-corrected chi connectivity index (χ4v) is 1.01. The molecule has 3 nitrogen and oxygen atoms in total. The average molecular weight is 193 g/mol. The number of Topliss-reactive ketones (excluding diaryl/α,β-unsaturated/α-hetero) is 1. The monoisotopic (exact) mass is 193 g/mol. The van der Waals surface area contributed by atoms with Crippen molar-refractivity contribution < 1.29 is 9.53 Å². The lowest BCUT2D eigenvalue weighted by molar-refractivity contribution is -0.136. The number of carbonyl (C=O) groups is 1. The van der Waals surface area contributed by atoms with Gasteiger partial charge in [0.1, 0.15) is 5.60 Å². The Hall–Kier alpha value is -1.22. The van der Waals surface area contributed by atoms with Crippen LogP contribution in [0, 0.1) is 0 Å². The van der Waals surface area contributed by atoms with Gasteiger partial charge in [-0.15, -0.1) is 0 Å². The summed E-state index contributed by atoms with van der Waals surface area (Å²) in [5.74, 6) is 0.0630. The summed E-state index contributed by atoms with van der Waals surface area (Å²) in [5.41, 5.74) is 0.207. The molecule has 0 bridgehead atoms. The van der Waals surface area contributed by atoms with Crippen LogP contribution in [0.5, 0.6) is 0 Å². The number of carbonyl (C=O) groups excluding carboxylic acids is 1. The molecule has 0 amide bonds. The van der Waals surface area contributed by atoms with Crippen molar-refractivity contribution in [1.29, 1.82) is 0 Å². The van der Waals surface area contributed by atoms with Crippen LogP contribution in [0.1, 0.15) is 19.4 Å². The molecule has 0 radical (unpaired) electrons. The van der Waals surface area contributed by atoms with Crippen LogP contribution in [-0.2, 0) is 16.0 Å². The van der Waals surface area contributed by atoms with Crippen molar-refractivity contribution in [2.75, 3.05) is 7.11 Å². The number of methoxy groups -OCH3 is 1. The zero-order valence-corrected chi connectivity index (χ0v) is 8.78. The average Bonchev–Trinajstić information content (AvgIpc) is 2.19. The molecule has 76 valence electrons. The number of ether oxygens (including phenoxy) is 1. The minimum atomic E-state index is -0.712. The van der Waals surface area contributed by atoms with Gasteiger partial charge >= 0.3 is 0 Å². The first-order valence-electron chi connectivity index (χ1n) is 4.53. The third-order valence-electron chi connectivity index (χ3n) is 2.27. The zero-order valence-electron chi connectivity index (χ0n) is 8.78. The number of aromatic nitrogens is 1. The SMILES string of the molecule is COC(C)(C)C(=O)Cc1cccnc1. The van der Waals surface area contributed by atoms with E-state index in [1.165, 1.54) is 0 Å². The van der Waals surface area contributed by atoms with Crippen LogP contribution >= 0.6 is 0 Å². The van der Waals surface area contributed by atoms with E-state index in [4.69, 9.17) is 4.74 Å². The second kappa shape index (κ2) is 4.33. The van der Waals surface area contributed by atoms with Gasteiger partial charge in [0, 0.05) is 25.9 Å². The molecule has 0 unspecified atom stereocenters. The summed E-state index contributed by atoms with van der Waals surface area (Å²) in [6.07, 6.45) is 3.76. The van der Waals surface area contributed by atoms with Crippen LogP contribution in [0.3, 0.4) is 0 Å². The highest BCUT2D eigenvalue weighted by molar-refractivity contribution is 5.88. The van der Waals surface area contributed by atoms with E-state index in [1.807, 2.05) is 12.1 Å². The molecule has 14 heavy (non-hydrogen) atoms. The minimum Gasteiger partial charge on any atom is -0.371 e. The molecule has 0 fully saturated rings. The van der Waals surface area contributed by atoms with Gasteiger partial charge in [0.25, 0.3) is 0 Å². The number of hydrogen-bond acceptors (Lipinski definition) is 3. The van der Waals surface area contributed by atoms with Gasteiger partial charge in [0.05, 0.1) is 0 Å². The van der Waals surface area contributed by atoms with Crippen molar-refractivity contribution in [1.82, 2.24) is 4.98 Å². The Bertz CT molecular complexity index is 306. The Morgan fingerprint density at radius 2 is 2.29 bits per heavy atom. The van der Waals surface area contributed by atoms with Crippen molar-refractivity contribution in [2.24, 2.45) is 0 Å². The smallest absolute Gasteiger partial charge is 0.168 e. The highest BCUT2D eigenvalue weighted by Gasteiger charge is 2.26. The fraction of sp³-hybridized carbons (Fsp3) is 0.455. The Kier molecular flexibility index (Phi) is 3.36. The molecule has 0 saturated heterocycles. The van der Waals surface area contributed by atoms with E-state index in [-0.39, 0.29) is 5.78 Å². The summed E-state index contributed by atoms with van der Waals surface area (Å²) < 4.78 is 5.10. The van der Waals surface area contributed by atoms with Gasteiger partial charge in [-0.1, -0.05) is 6.07 Å². The molecule has 0 aromatic carbocycles. The molecule has 0 atom stereocenters. The molecular weight excluding hydrogens is 178 g/mol. The number of pyridine rings is 1. The second-order valence-electron chi connectivity index (χ2n) is 3.68. The largest absolute Gasteiger partial charge is 0.371 e. The van der Waals surface area contributed by atoms with Gasteiger partial charge in [0.2, 0.25) is 0 Å².